The van der Waals surface area contributed by atoms with E-state index in [4.69, 9.17) is 11.8 Å². The fraction of sp³-hybridized carbons (Fsp3) is 0.652. The summed E-state index contributed by atoms with van der Waals surface area (Å²) in [6.07, 6.45) is 3.41. The Kier molecular flexibility index (Phi) is 15.9. The first-order chi connectivity index (χ1) is 17.3. The lowest BCUT2D eigenvalue weighted by Crippen LogP contribution is -2.23. The standard InChI is InChI=1S/C22H37N4O5P.CH4O/c1-6-10-22(27)24-16-19-11-12-21(26(28)29)20(15-19)18(5)31-32(30-17-23-9-4)25(13-7-2)14-8-3;1-2/h11-12,15,17-18H,6-10,13-14,16H2,1-5H3,(H,24,27);2H,1H3/i1D;2T. The van der Waals surface area contributed by atoms with Crippen LogP contribution >= 0.6 is 8.53 Å². The number of benzene rings is 1. The van der Waals surface area contributed by atoms with Crippen LogP contribution in [-0.4, -0.2) is 55.2 Å². The number of amides is 1. The number of nitro benzene ring substituents is 1. The molecule has 0 aliphatic heterocycles. The van der Waals surface area contributed by atoms with Crippen LogP contribution in [0.25, 0.3) is 0 Å². The van der Waals surface area contributed by atoms with E-state index in [9.17, 15) is 14.9 Å². The normalized spacial score (nSPS) is 13.5. The number of nitrogens with zero attached hydrogens (tertiary/aromatic N) is 3. The van der Waals surface area contributed by atoms with Crippen molar-refractivity contribution in [3.05, 3.63) is 39.4 Å². The zero-order chi connectivity index (χ0) is 27.3. The molecule has 2 atom stereocenters. The van der Waals surface area contributed by atoms with Gasteiger partial charge in [-0.15, -0.1) is 0 Å². The van der Waals surface area contributed by atoms with Crippen LogP contribution in [0.3, 0.4) is 0 Å². The Morgan fingerprint density at radius 3 is 2.65 bits per heavy atom. The molecule has 0 spiro atoms. The molecule has 10 nitrogen and oxygen atoms in total. The summed E-state index contributed by atoms with van der Waals surface area (Å²) in [5.41, 5.74) is 1.12. The van der Waals surface area contributed by atoms with Crippen LogP contribution in [0.1, 0.15) is 78.9 Å². The van der Waals surface area contributed by atoms with Gasteiger partial charge in [0.15, 0.2) is 6.40 Å². The first kappa shape index (κ1) is 28.1. The van der Waals surface area contributed by atoms with Crippen molar-refractivity contribution in [2.75, 3.05) is 26.7 Å². The molecule has 0 aromatic heterocycles. The highest BCUT2D eigenvalue weighted by molar-refractivity contribution is 7.45. The molecule has 0 heterocycles. The summed E-state index contributed by atoms with van der Waals surface area (Å²) < 4.78 is 27.0. The molecule has 2 N–H and O–H groups in total. The van der Waals surface area contributed by atoms with Gasteiger partial charge in [0, 0.05) is 47.1 Å². The highest BCUT2D eigenvalue weighted by atomic mass is 31.2. The number of hydrogen-bond donors (Lipinski definition) is 2. The van der Waals surface area contributed by atoms with Crippen molar-refractivity contribution >= 4 is 26.5 Å². The number of carbonyl (C=O) groups is 1. The molecule has 0 bridgehead atoms. The van der Waals surface area contributed by atoms with Gasteiger partial charge in [-0.05, 0) is 44.7 Å². The number of rotatable bonds is 16. The van der Waals surface area contributed by atoms with E-state index in [1.54, 1.807) is 19.1 Å². The Hall–Kier alpha value is -2.13. The second kappa shape index (κ2) is 19.2. The number of aliphatic imine (C=N–C) groups is 1. The van der Waals surface area contributed by atoms with Crippen molar-refractivity contribution in [1.29, 1.82) is 1.43 Å². The van der Waals surface area contributed by atoms with Gasteiger partial charge in [-0.25, -0.2) is 4.67 Å². The average Bonchev–Trinajstić information content (AvgIpc) is 2.85. The predicted octanol–water partition coefficient (Wildman–Crippen LogP) is 5.11. The van der Waals surface area contributed by atoms with Gasteiger partial charge < -0.3 is 19.5 Å². The summed E-state index contributed by atoms with van der Waals surface area (Å²) in [6, 6.07) is 4.77. The lowest BCUT2D eigenvalue weighted by Gasteiger charge is -2.29. The van der Waals surface area contributed by atoms with E-state index in [1.165, 1.54) is 19.6 Å². The largest absolute Gasteiger partial charge is 0.425 e. The van der Waals surface area contributed by atoms with E-state index >= 15 is 0 Å². The molecule has 1 aromatic carbocycles. The van der Waals surface area contributed by atoms with Crippen LogP contribution < -0.4 is 5.32 Å². The highest BCUT2D eigenvalue weighted by Crippen LogP contribution is 2.47. The maximum atomic E-state index is 11.9. The number of aliphatic hydroxyl groups is 1. The Bertz CT molecular complexity index is 785. The second-order valence-corrected chi connectivity index (χ2v) is 8.64. The smallest absolute Gasteiger partial charge is 0.322 e. The summed E-state index contributed by atoms with van der Waals surface area (Å²) >= 11 is 0. The van der Waals surface area contributed by atoms with Gasteiger partial charge in [0.25, 0.3) is 5.69 Å². The fourth-order valence-electron chi connectivity index (χ4n) is 2.95. The number of nitro groups is 1. The van der Waals surface area contributed by atoms with E-state index in [0.29, 0.717) is 18.5 Å². The van der Waals surface area contributed by atoms with Crippen molar-refractivity contribution in [3.8, 4) is 0 Å². The van der Waals surface area contributed by atoms with Crippen molar-refractivity contribution in [1.82, 2.24) is 9.99 Å². The maximum Gasteiger partial charge on any atom is 0.322 e. The van der Waals surface area contributed by atoms with Crippen LogP contribution in [0.5, 0.6) is 0 Å². The zero-order valence-corrected chi connectivity index (χ0v) is 21.9. The summed E-state index contributed by atoms with van der Waals surface area (Å²) in [5, 5.41) is 18.0. The van der Waals surface area contributed by atoms with Gasteiger partial charge in [0.2, 0.25) is 7.34 Å². The second-order valence-electron chi connectivity index (χ2n) is 7.18. The van der Waals surface area contributed by atoms with E-state index < -0.39 is 19.6 Å². The third kappa shape index (κ3) is 11.8. The molecule has 0 saturated heterocycles. The van der Waals surface area contributed by atoms with Gasteiger partial charge in [0.1, 0.15) is 0 Å². The lowest BCUT2D eigenvalue weighted by atomic mass is 10.0. The summed E-state index contributed by atoms with van der Waals surface area (Å²) in [7, 11) is -0.211. The van der Waals surface area contributed by atoms with Gasteiger partial charge in [-0.3, -0.25) is 19.9 Å². The van der Waals surface area contributed by atoms with Crippen LogP contribution in [0.4, 0.5) is 5.69 Å². The van der Waals surface area contributed by atoms with Crippen molar-refractivity contribution in [2.24, 2.45) is 4.99 Å². The third-order valence-corrected chi connectivity index (χ3v) is 6.09. The number of aliphatic hydroxyl groups excluding tert-OH is 1. The SMILES string of the molecule is [2H]CCCC(=O)NCc1ccc([N+](=O)[O-])c(C(C)OP(OC=NCC)N(CCC)CCC)c1.[3H]OC. The molecule has 1 amide bonds. The van der Waals surface area contributed by atoms with E-state index in [2.05, 4.69) is 33.9 Å². The number of hydrogen-bond acceptors (Lipinski definition) is 8. The number of nitrogens with one attached hydrogen (secondary N) is 1. The number of carbonyl (C=O) groups excluding carboxylic acids is 1. The molecule has 1 aromatic rings. The van der Waals surface area contributed by atoms with E-state index in [0.717, 1.165) is 31.5 Å². The molecule has 0 aliphatic carbocycles. The molecule has 194 valence electrons. The monoisotopic (exact) mass is 503 g/mol. The van der Waals surface area contributed by atoms with Crippen molar-refractivity contribution < 1.29 is 25.2 Å². The van der Waals surface area contributed by atoms with Gasteiger partial charge >= 0.3 is 8.53 Å². The molecule has 34 heavy (non-hydrogen) atoms. The predicted molar refractivity (Wildman–Crippen MR) is 137 cm³/mol. The van der Waals surface area contributed by atoms with Crippen LogP contribution in [0.15, 0.2) is 23.2 Å². The Balaban J connectivity index is 0.00000387. The third-order valence-electron chi connectivity index (χ3n) is 4.46. The zero-order valence-electron chi connectivity index (χ0n) is 23.0. The summed E-state index contributed by atoms with van der Waals surface area (Å²) in [5.74, 6) is -0.145. The molecule has 2 unspecified atom stereocenters. The summed E-state index contributed by atoms with van der Waals surface area (Å²) in [6.45, 7) is 10.4. The molecule has 0 aliphatic rings. The minimum Gasteiger partial charge on any atom is -0.425 e. The van der Waals surface area contributed by atoms with Gasteiger partial charge in [-0.1, -0.05) is 26.8 Å². The molecular weight excluding hydrogens is 459 g/mol. The molecule has 1 rings (SSSR count). The van der Waals surface area contributed by atoms with E-state index in [1.807, 2.05) is 6.92 Å². The molecular formula is C23H41N4O6P. The molecule has 0 saturated carbocycles. The molecule has 0 fully saturated rings. The van der Waals surface area contributed by atoms with Crippen LogP contribution in [-0.2, 0) is 20.4 Å². The fourth-order valence-corrected chi connectivity index (χ4v) is 4.52. The topological polar surface area (TPSA) is 127 Å². The van der Waals surface area contributed by atoms with Crippen LogP contribution in [0.2, 0.25) is 0 Å². The first-order valence-electron chi connectivity index (χ1n) is 12.6. The highest BCUT2D eigenvalue weighted by Gasteiger charge is 2.28. The molecule has 11 heteroatoms. The Morgan fingerprint density at radius 2 is 2.09 bits per heavy atom. The van der Waals surface area contributed by atoms with Crippen molar-refractivity contribution in [3.63, 3.8) is 0 Å². The minimum atomic E-state index is -1.50. The summed E-state index contributed by atoms with van der Waals surface area (Å²) in [4.78, 5) is 27.2. The van der Waals surface area contributed by atoms with Gasteiger partial charge in [0.05, 0.1) is 16.6 Å². The quantitative estimate of drug-likeness (QED) is 0.105. The lowest BCUT2D eigenvalue weighted by molar-refractivity contribution is -0.386. The molecule has 0 radical (unpaired) electrons. The first-order valence-corrected chi connectivity index (χ1v) is 12.6. The van der Waals surface area contributed by atoms with E-state index in [-0.39, 0.29) is 31.5 Å². The Labute approximate surface area is 207 Å². The minimum absolute atomic E-state index is 0.0403. The van der Waals surface area contributed by atoms with Crippen LogP contribution in [0, 0.1) is 10.1 Å². The Morgan fingerprint density at radius 1 is 1.41 bits per heavy atom. The maximum absolute atomic E-state index is 11.9. The van der Waals surface area contributed by atoms with Gasteiger partial charge in [-0.2, -0.15) is 0 Å². The van der Waals surface area contributed by atoms with Crippen molar-refractivity contribution in [2.45, 2.75) is 72.9 Å². The average molecular weight is 504 g/mol.